The molecule has 0 aliphatic carbocycles. The number of aryl methyl sites for hydroxylation is 2. The van der Waals surface area contributed by atoms with Gasteiger partial charge in [-0.3, -0.25) is 0 Å². The first-order valence-corrected chi connectivity index (χ1v) is 5.40. The van der Waals surface area contributed by atoms with Gasteiger partial charge in [-0.05, 0) is 43.0 Å². The summed E-state index contributed by atoms with van der Waals surface area (Å²) in [6.07, 6.45) is 0.943. The summed E-state index contributed by atoms with van der Waals surface area (Å²) in [4.78, 5) is 0. The second kappa shape index (κ2) is 6.14. The van der Waals surface area contributed by atoms with Gasteiger partial charge in [-0.25, -0.2) is 0 Å². The Balaban J connectivity index is 2.67. The summed E-state index contributed by atoms with van der Waals surface area (Å²) in [5.74, 6) is 0.936. The lowest BCUT2D eigenvalue weighted by Crippen LogP contribution is -2.17. The minimum atomic E-state index is 0.411. The van der Waals surface area contributed by atoms with Crippen LogP contribution in [0.2, 0.25) is 0 Å². The molecule has 16 heavy (non-hydrogen) atoms. The van der Waals surface area contributed by atoms with Crippen LogP contribution in [-0.2, 0) is 6.42 Å². The summed E-state index contributed by atoms with van der Waals surface area (Å²) < 4.78 is 5.27. The third kappa shape index (κ3) is 3.25. The van der Waals surface area contributed by atoms with Gasteiger partial charge >= 0.3 is 0 Å². The molecule has 3 heteroatoms. The fraction of sp³-hybridized carbons (Fsp3) is 0.462. The van der Waals surface area contributed by atoms with Crippen molar-refractivity contribution in [2.75, 3.05) is 20.2 Å². The molecule has 0 aromatic heterocycles. The number of nitrogens with zero attached hydrogens (tertiary/aromatic N) is 1. The standard InChI is InChI=1S/C13H18N2O/c1-10-9-13(16-3)11(2)8-12(10)4-6-15-7-5-14/h8-9,15H,4,6-7H2,1-3H3. The van der Waals surface area contributed by atoms with Crippen molar-refractivity contribution in [1.82, 2.24) is 5.32 Å². The van der Waals surface area contributed by atoms with Gasteiger partial charge in [-0.1, -0.05) is 6.07 Å². The first kappa shape index (κ1) is 12.5. The maximum atomic E-state index is 8.40. The minimum absolute atomic E-state index is 0.411. The Morgan fingerprint density at radius 3 is 2.69 bits per heavy atom. The van der Waals surface area contributed by atoms with E-state index in [9.17, 15) is 0 Å². The molecule has 1 aromatic rings. The SMILES string of the molecule is COc1cc(C)c(CCNCC#N)cc1C. The first-order valence-electron chi connectivity index (χ1n) is 5.40. The van der Waals surface area contributed by atoms with Crippen molar-refractivity contribution in [3.63, 3.8) is 0 Å². The molecule has 1 rings (SSSR count). The van der Waals surface area contributed by atoms with E-state index >= 15 is 0 Å². The van der Waals surface area contributed by atoms with Crippen molar-refractivity contribution in [1.29, 1.82) is 5.26 Å². The molecule has 0 spiro atoms. The lowest BCUT2D eigenvalue weighted by Gasteiger charge is -2.11. The average molecular weight is 218 g/mol. The molecule has 0 fully saturated rings. The van der Waals surface area contributed by atoms with Crippen LogP contribution in [0.1, 0.15) is 16.7 Å². The van der Waals surface area contributed by atoms with Gasteiger partial charge in [0.1, 0.15) is 5.75 Å². The smallest absolute Gasteiger partial charge is 0.122 e. The highest BCUT2D eigenvalue weighted by Crippen LogP contribution is 2.22. The van der Waals surface area contributed by atoms with Gasteiger partial charge in [0.25, 0.3) is 0 Å². The summed E-state index contributed by atoms with van der Waals surface area (Å²) >= 11 is 0. The molecule has 1 N–H and O–H groups in total. The van der Waals surface area contributed by atoms with Crippen molar-refractivity contribution in [2.45, 2.75) is 20.3 Å². The lowest BCUT2D eigenvalue weighted by atomic mass is 10.0. The van der Waals surface area contributed by atoms with Gasteiger partial charge in [0, 0.05) is 6.54 Å². The summed E-state index contributed by atoms with van der Waals surface area (Å²) in [6, 6.07) is 6.29. The number of ether oxygens (including phenoxy) is 1. The maximum Gasteiger partial charge on any atom is 0.122 e. The van der Waals surface area contributed by atoms with Gasteiger partial charge in [-0.2, -0.15) is 5.26 Å². The van der Waals surface area contributed by atoms with E-state index in [4.69, 9.17) is 10.00 Å². The molecule has 0 saturated heterocycles. The van der Waals surface area contributed by atoms with Gasteiger partial charge < -0.3 is 10.1 Å². The van der Waals surface area contributed by atoms with Crippen LogP contribution in [0.25, 0.3) is 0 Å². The first-order chi connectivity index (χ1) is 7.69. The molecule has 3 nitrogen and oxygen atoms in total. The Hall–Kier alpha value is -1.53. The number of nitrogens with one attached hydrogen (secondary N) is 1. The molecule has 0 unspecified atom stereocenters. The molecule has 0 saturated carbocycles. The minimum Gasteiger partial charge on any atom is -0.496 e. The van der Waals surface area contributed by atoms with Crippen LogP contribution in [0.3, 0.4) is 0 Å². The third-order valence-corrected chi connectivity index (χ3v) is 2.63. The van der Waals surface area contributed by atoms with Crippen LogP contribution in [0.15, 0.2) is 12.1 Å². The van der Waals surface area contributed by atoms with E-state index in [1.807, 2.05) is 6.92 Å². The summed E-state index contributed by atoms with van der Waals surface area (Å²) in [7, 11) is 1.69. The summed E-state index contributed by atoms with van der Waals surface area (Å²) in [6.45, 7) is 5.38. The molecular formula is C13H18N2O. The average Bonchev–Trinajstić information content (AvgIpc) is 2.28. The number of rotatable bonds is 5. The Morgan fingerprint density at radius 1 is 1.31 bits per heavy atom. The molecule has 0 aliphatic rings. The van der Waals surface area contributed by atoms with Crippen LogP contribution in [0.5, 0.6) is 5.75 Å². The molecule has 0 aliphatic heterocycles. The van der Waals surface area contributed by atoms with Crippen molar-refractivity contribution < 1.29 is 4.74 Å². The van der Waals surface area contributed by atoms with Crippen LogP contribution in [0.4, 0.5) is 0 Å². The van der Waals surface area contributed by atoms with E-state index in [-0.39, 0.29) is 0 Å². The van der Waals surface area contributed by atoms with Crippen molar-refractivity contribution in [3.8, 4) is 11.8 Å². The predicted octanol–water partition coefficient (Wildman–Crippen LogP) is 1.97. The van der Waals surface area contributed by atoms with Crippen molar-refractivity contribution in [3.05, 3.63) is 28.8 Å². The fourth-order valence-electron chi connectivity index (χ4n) is 1.71. The van der Waals surface area contributed by atoms with E-state index in [1.54, 1.807) is 7.11 Å². The Bertz CT molecular complexity index is 394. The summed E-state index contributed by atoms with van der Waals surface area (Å²) in [5.41, 5.74) is 3.70. The second-order valence-corrected chi connectivity index (χ2v) is 3.83. The highest BCUT2D eigenvalue weighted by atomic mass is 16.5. The van der Waals surface area contributed by atoms with Crippen LogP contribution in [-0.4, -0.2) is 20.2 Å². The largest absolute Gasteiger partial charge is 0.496 e. The van der Waals surface area contributed by atoms with Gasteiger partial charge in [0.05, 0.1) is 19.7 Å². The van der Waals surface area contributed by atoms with Crippen molar-refractivity contribution in [2.24, 2.45) is 0 Å². The third-order valence-electron chi connectivity index (χ3n) is 2.63. The zero-order chi connectivity index (χ0) is 12.0. The summed E-state index contributed by atoms with van der Waals surface area (Å²) in [5, 5.41) is 11.5. The molecule has 0 radical (unpaired) electrons. The normalized spacial score (nSPS) is 9.88. The monoisotopic (exact) mass is 218 g/mol. The number of hydrogen-bond donors (Lipinski definition) is 1. The van der Waals surface area contributed by atoms with E-state index in [0.717, 1.165) is 24.3 Å². The topological polar surface area (TPSA) is 45.0 Å². The lowest BCUT2D eigenvalue weighted by molar-refractivity contribution is 0.411. The zero-order valence-electron chi connectivity index (χ0n) is 10.1. The molecule has 1 aromatic carbocycles. The molecule has 0 atom stereocenters. The highest BCUT2D eigenvalue weighted by Gasteiger charge is 2.04. The van der Waals surface area contributed by atoms with Gasteiger partial charge in [-0.15, -0.1) is 0 Å². The Morgan fingerprint density at radius 2 is 2.06 bits per heavy atom. The van der Waals surface area contributed by atoms with Gasteiger partial charge in [0.2, 0.25) is 0 Å². The quantitative estimate of drug-likeness (QED) is 0.607. The second-order valence-electron chi connectivity index (χ2n) is 3.83. The molecule has 0 heterocycles. The predicted molar refractivity (Wildman–Crippen MR) is 64.7 cm³/mol. The Labute approximate surface area is 97.0 Å². The molecule has 0 bridgehead atoms. The van der Waals surface area contributed by atoms with E-state index < -0.39 is 0 Å². The fourth-order valence-corrected chi connectivity index (χ4v) is 1.71. The van der Waals surface area contributed by atoms with Gasteiger partial charge in [0.15, 0.2) is 0 Å². The number of benzene rings is 1. The van der Waals surface area contributed by atoms with Crippen LogP contribution < -0.4 is 10.1 Å². The van der Waals surface area contributed by atoms with E-state index in [0.29, 0.717) is 6.54 Å². The molecular weight excluding hydrogens is 200 g/mol. The van der Waals surface area contributed by atoms with E-state index in [2.05, 4.69) is 30.4 Å². The maximum absolute atomic E-state index is 8.40. The van der Waals surface area contributed by atoms with Crippen LogP contribution in [0, 0.1) is 25.2 Å². The van der Waals surface area contributed by atoms with E-state index in [1.165, 1.54) is 11.1 Å². The zero-order valence-corrected chi connectivity index (χ0v) is 10.1. The highest BCUT2D eigenvalue weighted by molar-refractivity contribution is 5.41. The molecule has 0 amide bonds. The Kier molecular flexibility index (Phi) is 4.81. The van der Waals surface area contributed by atoms with Crippen molar-refractivity contribution >= 4 is 0 Å². The molecule has 86 valence electrons. The number of nitriles is 1. The van der Waals surface area contributed by atoms with Crippen LogP contribution >= 0.6 is 0 Å². The number of methoxy groups -OCH3 is 1. The number of hydrogen-bond acceptors (Lipinski definition) is 3.